The summed E-state index contributed by atoms with van der Waals surface area (Å²) in [6.07, 6.45) is -1.72. The van der Waals surface area contributed by atoms with Crippen LogP contribution in [0.5, 0.6) is 0 Å². The van der Waals surface area contributed by atoms with Crippen LogP contribution in [0.15, 0.2) is 0 Å². The fraction of sp³-hybridized carbons (Fsp3) is 0.958. The maximum Gasteiger partial charge on any atom is 0.108 e. The van der Waals surface area contributed by atoms with Crippen molar-refractivity contribution in [3.8, 4) is 0 Å². The van der Waals surface area contributed by atoms with Crippen molar-refractivity contribution in [3.05, 3.63) is 0 Å². The lowest BCUT2D eigenvalue weighted by molar-refractivity contribution is -0.121. The summed E-state index contributed by atoms with van der Waals surface area (Å²) in [6, 6.07) is -0.563. The first kappa shape index (κ1) is 29.7. The molecule has 1 aliphatic rings. The van der Waals surface area contributed by atoms with Crippen LogP contribution in [-0.4, -0.2) is 79.8 Å². The standard InChI is InChI=1S/C24H47NO6S/c1-7-9-20(32)25-15(13-31-18-11-8-10-16(26)21(29)22(18)30)17(27)12-19(28)24(5,6)14-23(2,3)4/h15-19,21-22,26-30H,7-14H2,1-6H3,(H,25,32). The van der Waals surface area contributed by atoms with E-state index in [1.165, 1.54) is 0 Å². The average molecular weight is 478 g/mol. The molecule has 0 spiro atoms. The Morgan fingerprint density at radius 2 is 1.69 bits per heavy atom. The minimum Gasteiger partial charge on any atom is -0.392 e. The zero-order valence-electron chi connectivity index (χ0n) is 20.8. The van der Waals surface area contributed by atoms with E-state index in [-0.39, 0.29) is 23.9 Å². The molecule has 0 saturated heterocycles. The van der Waals surface area contributed by atoms with Crippen molar-refractivity contribution < 1.29 is 30.3 Å². The lowest BCUT2D eigenvalue weighted by atomic mass is 9.71. The summed E-state index contributed by atoms with van der Waals surface area (Å²) in [6.45, 7) is 12.5. The Morgan fingerprint density at radius 1 is 1.06 bits per heavy atom. The van der Waals surface area contributed by atoms with E-state index >= 15 is 0 Å². The number of hydrogen-bond acceptors (Lipinski definition) is 7. The molecular formula is C24H47NO6S. The van der Waals surface area contributed by atoms with Gasteiger partial charge in [0.05, 0.1) is 42.1 Å². The van der Waals surface area contributed by atoms with Crippen LogP contribution in [0.25, 0.3) is 0 Å². The molecule has 0 radical (unpaired) electrons. The first-order valence-electron chi connectivity index (χ1n) is 12.0. The van der Waals surface area contributed by atoms with Crippen molar-refractivity contribution >= 4 is 17.2 Å². The molecule has 7 unspecified atom stereocenters. The van der Waals surface area contributed by atoms with Gasteiger partial charge in [-0.3, -0.25) is 0 Å². The predicted molar refractivity (Wildman–Crippen MR) is 131 cm³/mol. The lowest BCUT2D eigenvalue weighted by Crippen LogP contribution is -2.50. The van der Waals surface area contributed by atoms with Crippen LogP contribution in [0, 0.1) is 10.8 Å². The molecule has 7 nitrogen and oxygen atoms in total. The van der Waals surface area contributed by atoms with E-state index in [4.69, 9.17) is 17.0 Å². The Balaban J connectivity index is 2.85. The average Bonchev–Trinajstić information content (AvgIpc) is 2.77. The smallest absolute Gasteiger partial charge is 0.108 e. The molecule has 0 heterocycles. The van der Waals surface area contributed by atoms with Gasteiger partial charge in [0.25, 0.3) is 0 Å². The zero-order chi connectivity index (χ0) is 24.7. The second-order valence-electron chi connectivity index (χ2n) is 11.3. The van der Waals surface area contributed by atoms with Gasteiger partial charge in [-0.25, -0.2) is 0 Å². The largest absolute Gasteiger partial charge is 0.392 e. The van der Waals surface area contributed by atoms with E-state index in [0.717, 1.165) is 12.8 Å². The fourth-order valence-corrected chi connectivity index (χ4v) is 5.03. The van der Waals surface area contributed by atoms with Gasteiger partial charge in [0.1, 0.15) is 12.2 Å². The number of hydrogen-bond donors (Lipinski definition) is 6. The lowest BCUT2D eigenvalue weighted by Gasteiger charge is -2.38. The number of ether oxygens (including phenoxy) is 1. The molecule has 6 N–H and O–H groups in total. The van der Waals surface area contributed by atoms with Crippen molar-refractivity contribution in [2.24, 2.45) is 10.8 Å². The molecule has 0 aromatic carbocycles. The molecule has 0 aromatic heterocycles. The molecular weight excluding hydrogens is 430 g/mol. The number of rotatable bonds is 11. The van der Waals surface area contributed by atoms with Crippen LogP contribution in [0.3, 0.4) is 0 Å². The van der Waals surface area contributed by atoms with Crippen LogP contribution < -0.4 is 5.32 Å². The third-order valence-corrected chi connectivity index (χ3v) is 6.57. The van der Waals surface area contributed by atoms with Gasteiger partial charge < -0.3 is 35.6 Å². The maximum absolute atomic E-state index is 11.0. The van der Waals surface area contributed by atoms with Gasteiger partial charge in [-0.2, -0.15) is 0 Å². The molecule has 1 saturated carbocycles. The molecule has 0 amide bonds. The van der Waals surface area contributed by atoms with Gasteiger partial charge >= 0.3 is 0 Å². The Morgan fingerprint density at radius 3 is 2.25 bits per heavy atom. The third-order valence-electron chi connectivity index (χ3n) is 6.24. The van der Waals surface area contributed by atoms with Crippen molar-refractivity contribution in [2.75, 3.05) is 6.61 Å². The van der Waals surface area contributed by atoms with E-state index in [2.05, 4.69) is 26.1 Å². The molecule has 1 fully saturated rings. The highest BCUT2D eigenvalue weighted by molar-refractivity contribution is 7.80. The summed E-state index contributed by atoms with van der Waals surface area (Å²) in [4.78, 5) is 0.612. The monoisotopic (exact) mass is 477 g/mol. The van der Waals surface area contributed by atoms with E-state index in [1.54, 1.807) is 0 Å². The highest BCUT2D eigenvalue weighted by atomic mass is 32.1. The van der Waals surface area contributed by atoms with Crippen molar-refractivity contribution in [3.63, 3.8) is 0 Å². The van der Waals surface area contributed by atoms with Gasteiger partial charge in [0.15, 0.2) is 0 Å². The minimum absolute atomic E-state index is 0.0416. The maximum atomic E-state index is 11.0. The van der Waals surface area contributed by atoms with Crippen molar-refractivity contribution in [1.29, 1.82) is 0 Å². The minimum atomic E-state index is -1.26. The number of aliphatic hydroxyl groups is 5. The molecule has 7 atom stereocenters. The van der Waals surface area contributed by atoms with E-state index in [9.17, 15) is 25.5 Å². The Labute approximate surface area is 199 Å². The molecule has 190 valence electrons. The summed E-state index contributed by atoms with van der Waals surface area (Å²) < 4.78 is 5.92. The van der Waals surface area contributed by atoms with E-state index in [0.29, 0.717) is 30.7 Å². The highest BCUT2D eigenvalue weighted by Gasteiger charge is 2.37. The Hall–Kier alpha value is -0.350. The van der Waals surface area contributed by atoms with E-state index < -0.39 is 42.7 Å². The van der Waals surface area contributed by atoms with Crippen LogP contribution in [0.1, 0.15) is 86.5 Å². The summed E-state index contributed by atoms with van der Waals surface area (Å²) in [5.41, 5.74) is -0.341. The second-order valence-corrected chi connectivity index (χ2v) is 11.8. The third kappa shape index (κ3) is 9.87. The molecule has 1 rings (SSSR count). The predicted octanol–water partition coefficient (Wildman–Crippen LogP) is 2.30. The van der Waals surface area contributed by atoms with Crippen molar-refractivity contribution in [1.82, 2.24) is 5.32 Å². The summed E-state index contributed by atoms with van der Waals surface area (Å²) >= 11 is 5.39. The quantitative estimate of drug-likeness (QED) is 0.198. The number of aliphatic hydroxyl groups excluding tert-OH is 5. The Bertz CT molecular complexity index is 567. The highest BCUT2D eigenvalue weighted by Crippen LogP contribution is 2.37. The SMILES string of the molecule is CCCC(=S)NC(COC1CCCC(O)C(O)C1O)C(O)CC(O)C(C)(C)CC(C)(C)C. The van der Waals surface area contributed by atoms with Crippen LogP contribution in [-0.2, 0) is 4.74 Å². The van der Waals surface area contributed by atoms with E-state index in [1.807, 2.05) is 20.8 Å². The number of nitrogens with one attached hydrogen (secondary N) is 1. The zero-order valence-corrected chi connectivity index (χ0v) is 21.6. The molecule has 0 aromatic rings. The second kappa shape index (κ2) is 12.9. The molecule has 32 heavy (non-hydrogen) atoms. The van der Waals surface area contributed by atoms with Crippen LogP contribution >= 0.6 is 12.2 Å². The fourth-order valence-electron chi connectivity index (χ4n) is 4.68. The van der Waals surface area contributed by atoms with Gasteiger partial charge in [-0.05, 0) is 49.4 Å². The van der Waals surface area contributed by atoms with Gasteiger partial charge in [-0.1, -0.05) is 53.8 Å². The molecule has 8 heteroatoms. The summed E-state index contributed by atoms with van der Waals surface area (Å²) in [7, 11) is 0. The van der Waals surface area contributed by atoms with Gasteiger partial charge in [0.2, 0.25) is 0 Å². The van der Waals surface area contributed by atoms with Crippen LogP contribution in [0.4, 0.5) is 0 Å². The first-order valence-corrected chi connectivity index (χ1v) is 12.4. The van der Waals surface area contributed by atoms with Crippen molar-refractivity contribution in [2.45, 2.75) is 129 Å². The van der Waals surface area contributed by atoms with Crippen LogP contribution in [0.2, 0.25) is 0 Å². The summed E-state index contributed by atoms with van der Waals surface area (Å²) in [5.74, 6) is 0. The Kier molecular flexibility index (Phi) is 12.0. The van der Waals surface area contributed by atoms with Gasteiger partial charge in [0, 0.05) is 6.42 Å². The first-order chi connectivity index (χ1) is 14.7. The molecule has 0 aliphatic heterocycles. The topological polar surface area (TPSA) is 122 Å². The molecule has 0 bridgehead atoms. The summed E-state index contributed by atoms with van der Waals surface area (Å²) in [5, 5.41) is 55.4. The van der Waals surface area contributed by atoms with Gasteiger partial charge in [-0.15, -0.1) is 0 Å². The normalized spacial score (nSPS) is 28.0. The number of thiocarbonyl (C=S) groups is 1. The molecule has 1 aliphatic carbocycles.